The molecule has 0 unspecified atom stereocenters. The van der Waals surface area contributed by atoms with Crippen LogP contribution in [0.3, 0.4) is 0 Å². The van der Waals surface area contributed by atoms with E-state index in [1.165, 1.54) is 11.8 Å². The lowest BCUT2D eigenvalue weighted by Gasteiger charge is -2.12. The van der Waals surface area contributed by atoms with Gasteiger partial charge in [-0.2, -0.15) is 4.68 Å². The Morgan fingerprint density at radius 2 is 2.27 bits per heavy atom. The summed E-state index contributed by atoms with van der Waals surface area (Å²) in [6.07, 6.45) is 0. The van der Waals surface area contributed by atoms with Crippen LogP contribution < -0.4 is 10.1 Å². The number of hydrogen-bond donors (Lipinski definition) is 1. The lowest BCUT2D eigenvalue weighted by molar-refractivity contribution is -0.120. The number of methoxy groups -OCH3 is 1. The highest BCUT2D eigenvalue weighted by Crippen LogP contribution is 2.28. The molecule has 2 rings (SSSR count). The number of nitrogens with one attached hydrogen (secondary N) is 1. The first-order valence-electron chi connectivity index (χ1n) is 6.94. The molecule has 8 heteroatoms. The molecule has 0 aliphatic rings. The maximum absolute atomic E-state index is 11.9. The largest absolute Gasteiger partial charge is 0.494 e. The van der Waals surface area contributed by atoms with Gasteiger partial charge >= 0.3 is 0 Å². The molecule has 1 amide bonds. The molecule has 118 valence electrons. The quantitative estimate of drug-likeness (QED) is 0.814. The molecule has 0 fully saturated rings. The topological polar surface area (TPSA) is 81.9 Å². The zero-order chi connectivity index (χ0) is 16.1. The second-order valence-corrected chi connectivity index (χ2v) is 6.01. The molecule has 1 heterocycles. The Bertz CT molecular complexity index is 658. The molecule has 0 radical (unpaired) electrons. The number of hydrogen-bond acceptors (Lipinski definition) is 6. The number of benzene rings is 1. The second kappa shape index (κ2) is 7.26. The van der Waals surface area contributed by atoms with E-state index in [1.807, 2.05) is 39.0 Å². The van der Waals surface area contributed by atoms with Crippen molar-refractivity contribution in [1.82, 2.24) is 25.5 Å². The molecule has 0 saturated carbocycles. The van der Waals surface area contributed by atoms with E-state index < -0.39 is 0 Å². The highest BCUT2D eigenvalue weighted by atomic mass is 32.2. The number of tetrazole rings is 1. The van der Waals surface area contributed by atoms with Crippen LogP contribution in [0.2, 0.25) is 0 Å². The molecule has 0 aliphatic carbocycles. The van der Waals surface area contributed by atoms with Gasteiger partial charge in [-0.1, -0.05) is 17.8 Å². The highest BCUT2D eigenvalue weighted by molar-refractivity contribution is 8.00. The molecular weight excluding hydrogens is 302 g/mol. The van der Waals surface area contributed by atoms with E-state index in [1.54, 1.807) is 11.8 Å². The van der Waals surface area contributed by atoms with Crippen LogP contribution >= 0.6 is 11.8 Å². The van der Waals surface area contributed by atoms with Gasteiger partial charge in [-0.05, 0) is 48.9 Å². The third-order valence-electron chi connectivity index (χ3n) is 3.01. The van der Waals surface area contributed by atoms with Gasteiger partial charge in [0.2, 0.25) is 11.1 Å². The number of carbonyl (C=O) groups excluding carboxylic acids is 1. The summed E-state index contributed by atoms with van der Waals surface area (Å²) < 4.78 is 6.95. The van der Waals surface area contributed by atoms with Crippen molar-refractivity contribution < 1.29 is 9.53 Å². The molecule has 0 saturated heterocycles. The summed E-state index contributed by atoms with van der Waals surface area (Å²) >= 11 is 1.30. The smallest absolute Gasteiger partial charge is 0.233 e. The fourth-order valence-corrected chi connectivity index (χ4v) is 2.72. The van der Waals surface area contributed by atoms with Crippen molar-refractivity contribution in [1.29, 1.82) is 0 Å². The molecule has 1 N–H and O–H groups in total. The van der Waals surface area contributed by atoms with Gasteiger partial charge in [-0.25, -0.2) is 0 Å². The van der Waals surface area contributed by atoms with Crippen molar-refractivity contribution in [3.05, 3.63) is 23.8 Å². The first-order valence-corrected chi connectivity index (χ1v) is 7.82. The lowest BCUT2D eigenvalue weighted by atomic mass is 10.2. The van der Waals surface area contributed by atoms with Crippen LogP contribution in [0.5, 0.6) is 5.75 Å². The Hall–Kier alpha value is -2.09. The van der Waals surface area contributed by atoms with Gasteiger partial charge in [0, 0.05) is 6.54 Å². The second-order valence-electron chi connectivity index (χ2n) is 4.70. The third-order valence-corrected chi connectivity index (χ3v) is 4.04. The monoisotopic (exact) mass is 321 g/mol. The Morgan fingerprint density at radius 3 is 2.95 bits per heavy atom. The predicted molar refractivity (Wildman–Crippen MR) is 84.4 cm³/mol. The Kier molecular flexibility index (Phi) is 5.37. The zero-order valence-electron chi connectivity index (χ0n) is 13.0. The van der Waals surface area contributed by atoms with Crippen LogP contribution in [0.25, 0.3) is 5.69 Å². The Labute approximate surface area is 133 Å². The maximum Gasteiger partial charge on any atom is 0.233 e. The minimum absolute atomic E-state index is 0.0433. The van der Waals surface area contributed by atoms with Crippen molar-refractivity contribution in [2.24, 2.45) is 0 Å². The normalized spacial score (nSPS) is 12.0. The fourth-order valence-electron chi connectivity index (χ4n) is 1.90. The van der Waals surface area contributed by atoms with Crippen molar-refractivity contribution in [3.63, 3.8) is 0 Å². The number of thioether (sulfide) groups is 1. The summed E-state index contributed by atoms with van der Waals surface area (Å²) in [6, 6.07) is 5.76. The average molecular weight is 321 g/mol. The number of amides is 1. The summed E-state index contributed by atoms with van der Waals surface area (Å²) in [6.45, 7) is 6.29. The minimum atomic E-state index is -0.291. The third kappa shape index (κ3) is 3.56. The molecule has 1 aromatic carbocycles. The van der Waals surface area contributed by atoms with E-state index in [2.05, 4.69) is 20.8 Å². The molecule has 0 bridgehead atoms. The van der Waals surface area contributed by atoms with Crippen molar-refractivity contribution in [3.8, 4) is 11.4 Å². The summed E-state index contributed by atoms with van der Waals surface area (Å²) in [5.41, 5.74) is 1.82. The van der Waals surface area contributed by atoms with E-state index in [9.17, 15) is 4.79 Å². The van der Waals surface area contributed by atoms with Crippen LogP contribution in [0.15, 0.2) is 23.4 Å². The summed E-state index contributed by atoms with van der Waals surface area (Å²) in [4.78, 5) is 11.9. The zero-order valence-corrected chi connectivity index (χ0v) is 13.8. The number of aryl methyl sites for hydroxylation is 1. The maximum atomic E-state index is 11.9. The van der Waals surface area contributed by atoms with Gasteiger partial charge in [-0.15, -0.1) is 5.10 Å². The van der Waals surface area contributed by atoms with Gasteiger partial charge in [-0.3, -0.25) is 4.79 Å². The molecule has 0 spiro atoms. The number of nitrogens with zero attached hydrogens (tertiary/aromatic N) is 4. The van der Waals surface area contributed by atoms with Gasteiger partial charge < -0.3 is 10.1 Å². The Morgan fingerprint density at radius 1 is 1.50 bits per heavy atom. The lowest BCUT2D eigenvalue weighted by Crippen LogP contribution is -2.30. The molecule has 1 atom stereocenters. The van der Waals surface area contributed by atoms with E-state index in [4.69, 9.17) is 4.74 Å². The number of ether oxygens (including phenoxy) is 1. The summed E-state index contributed by atoms with van der Waals surface area (Å²) in [7, 11) is 1.60. The van der Waals surface area contributed by atoms with Crippen LogP contribution in [0.4, 0.5) is 0 Å². The number of aromatic nitrogens is 4. The van der Waals surface area contributed by atoms with Crippen molar-refractivity contribution in [2.75, 3.05) is 13.7 Å². The van der Waals surface area contributed by atoms with E-state index in [-0.39, 0.29) is 11.2 Å². The number of rotatable bonds is 6. The van der Waals surface area contributed by atoms with E-state index in [0.717, 1.165) is 11.3 Å². The molecule has 0 aliphatic heterocycles. The van der Waals surface area contributed by atoms with E-state index in [0.29, 0.717) is 17.5 Å². The number of carbonyl (C=O) groups is 1. The van der Waals surface area contributed by atoms with Gasteiger partial charge in [0.15, 0.2) is 0 Å². The summed E-state index contributed by atoms with van der Waals surface area (Å²) in [5.74, 6) is 0.628. The van der Waals surface area contributed by atoms with Crippen molar-refractivity contribution in [2.45, 2.75) is 31.2 Å². The molecule has 1 aromatic heterocycles. The summed E-state index contributed by atoms with van der Waals surface area (Å²) in [5, 5.41) is 14.8. The van der Waals surface area contributed by atoms with Gasteiger partial charge in [0.1, 0.15) is 11.4 Å². The van der Waals surface area contributed by atoms with Crippen molar-refractivity contribution >= 4 is 17.7 Å². The highest BCUT2D eigenvalue weighted by Gasteiger charge is 2.20. The first-order chi connectivity index (χ1) is 10.6. The SMILES string of the molecule is CCNC(=O)[C@H](C)Sc1nnnn1-c1cc(C)ccc1OC. The Balaban J connectivity index is 2.30. The predicted octanol–water partition coefficient (Wildman–Crippen LogP) is 1.60. The molecule has 7 nitrogen and oxygen atoms in total. The first kappa shape index (κ1) is 16.3. The van der Waals surface area contributed by atoms with Crippen LogP contribution in [0.1, 0.15) is 19.4 Å². The minimum Gasteiger partial charge on any atom is -0.494 e. The van der Waals surface area contributed by atoms with Crippen LogP contribution in [0, 0.1) is 6.92 Å². The fraction of sp³-hybridized carbons (Fsp3) is 0.429. The molecular formula is C14H19N5O2S. The average Bonchev–Trinajstić information content (AvgIpc) is 2.95. The molecule has 22 heavy (non-hydrogen) atoms. The van der Waals surface area contributed by atoms with Crippen LogP contribution in [-0.2, 0) is 4.79 Å². The van der Waals surface area contributed by atoms with Gasteiger partial charge in [0.05, 0.1) is 12.4 Å². The van der Waals surface area contributed by atoms with E-state index >= 15 is 0 Å². The van der Waals surface area contributed by atoms with Gasteiger partial charge in [0.25, 0.3) is 0 Å². The standard InChI is InChI=1S/C14H19N5O2S/c1-5-15-13(20)10(3)22-14-16-17-18-19(14)11-8-9(2)6-7-12(11)21-4/h6-8,10H,5H2,1-4H3,(H,15,20)/t10-/m0/s1. The van der Waals surface area contributed by atoms with Crippen LogP contribution in [-0.4, -0.2) is 45.0 Å². The molecule has 2 aromatic rings.